The van der Waals surface area contributed by atoms with Crippen LogP contribution in [0.15, 0.2) is 30.3 Å². The second-order valence-corrected chi connectivity index (χ2v) is 5.77. The Bertz CT molecular complexity index is 683. The lowest BCUT2D eigenvalue weighted by Crippen LogP contribution is -2.00. The average Bonchev–Trinajstić information content (AvgIpc) is 2.33. The van der Waals surface area contributed by atoms with Crippen LogP contribution in [0.5, 0.6) is 0 Å². The first-order chi connectivity index (χ1) is 9.38. The molecule has 0 saturated carbocycles. The van der Waals surface area contributed by atoms with E-state index in [9.17, 15) is 4.79 Å². The Morgan fingerprint density at radius 2 is 1.65 bits per heavy atom. The van der Waals surface area contributed by atoms with E-state index in [0.717, 1.165) is 0 Å². The molecule has 0 atom stereocenters. The molecule has 0 unspecified atom stereocenters. The van der Waals surface area contributed by atoms with Gasteiger partial charge in [0.25, 0.3) is 0 Å². The molecule has 2 nitrogen and oxygen atoms in total. The molecule has 0 heterocycles. The van der Waals surface area contributed by atoms with Crippen molar-refractivity contribution in [3.05, 3.63) is 56.0 Å². The fourth-order valence-corrected chi connectivity index (χ4v) is 2.87. The van der Waals surface area contributed by atoms with Crippen LogP contribution >= 0.6 is 46.4 Å². The zero-order valence-electron chi connectivity index (χ0n) is 9.96. The summed E-state index contributed by atoms with van der Waals surface area (Å²) in [4.78, 5) is 10.8. The second-order valence-electron chi connectivity index (χ2n) is 4.14. The molecule has 0 bridgehead atoms. The highest BCUT2D eigenvalue weighted by Crippen LogP contribution is 2.40. The van der Waals surface area contributed by atoms with E-state index >= 15 is 0 Å². The summed E-state index contributed by atoms with van der Waals surface area (Å²) in [6, 6.07) is 8.16. The van der Waals surface area contributed by atoms with Crippen molar-refractivity contribution < 1.29 is 9.90 Å². The smallest absolute Gasteiger partial charge is 0.307 e. The number of hydrogen-bond acceptors (Lipinski definition) is 1. The molecule has 0 spiro atoms. The van der Waals surface area contributed by atoms with Crippen LogP contribution < -0.4 is 0 Å². The molecule has 2 rings (SSSR count). The Morgan fingerprint density at radius 1 is 1.00 bits per heavy atom. The predicted octanol–water partition coefficient (Wildman–Crippen LogP) is 5.59. The molecule has 0 aliphatic carbocycles. The Kier molecular flexibility index (Phi) is 4.82. The van der Waals surface area contributed by atoms with Crippen LogP contribution in [0.25, 0.3) is 11.1 Å². The van der Waals surface area contributed by atoms with Gasteiger partial charge in [-0.05, 0) is 35.4 Å². The minimum Gasteiger partial charge on any atom is -0.481 e. The van der Waals surface area contributed by atoms with E-state index < -0.39 is 5.97 Å². The number of carboxylic acids is 1. The first-order valence-corrected chi connectivity index (χ1v) is 7.05. The van der Waals surface area contributed by atoms with Crippen LogP contribution in [0.2, 0.25) is 20.1 Å². The van der Waals surface area contributed by atoms with Gasteiger partial charge in [0.1, 0.15) is 0 Å². The van der Waals surface area contributed by atoms with E-state index in [1.165, 1.54) is 0 Å². The SMILES string of the molecule is O=C(O)Cc1cc(Cl)cc(-c2c(Cl)ccc(Cl)c2Cl)c1. The second kappa shape index (κ2) is 6.23. The van der Waals surface area contributed by atoms with Gasteiger partial charge in [-0.15, -0.1) is 0 Å². The average molecular weight is 350 g/mol. The third kappa shape index (κ3) is 3.39. The molecule has 0 aliphatic rings. The molecule has 0 amide bonds. The van der Waals surface area contributed by atoms with Gasteiger partial charge in [-0.2, -0.15) is 0 Å². The van der Waals surface area contributed by atoms with Crippen molar-refractivity contribution in [2.24, 2.45) is 0 Å². The molecule has 2 aromatic carbocycles. The molecule has 0 fully saturated rings. The molecule has 0 aliphatic heterocycles. The van der Waals surface area contributed by atoms with Crippen LogP contribution in [0.4, 0.5) is 0 Å². The molecular formula is C14H8Cl4O2. The number of aliphatic carboxylic acids is 1. The van der Waals surface area contributed by atoms with E-state index in [0.29, 0.717) is 36.8 Å². The summed E-state index contributed by atoms with van der Waals surface area (Å²) in [7, 11) is 0. The van der Waals surface area contributed by atoms with Gasteiger partial charge in [0.05, 0.1) is 16.5 Å². The van der Waals surface area contributed by atoms with Crippen LogP contribution in [-0.4, -0.2) is 11.1 Å². The molecular weight excluding hydrogens is 342 g/mol. The summed E-state index contributed by atoms with van der Waals surface area (Å²) in [5, 5.41) is 10.4. The first-order valence-electron chi connectivity index (χ1n) is 5.53. The zero-order valence-corrected chi connectivity index (χ0v) is 13.0. The molecule has 0 saturated heterocycles. The third-order valence-corrected chi connectivity index (χ3v) is 3.98. The molecule has 1 N–H and O–H groups in total. The maximum atomic E-state index is 10.8. The van der Waals surface area contributed by atoms with Crippen LogP contribution in [0.3, 0.4) is 0 Å². The van der Waals surface area contributed by atoms with Crippen molar-refractivity contribution in [3.63, 3.8) is 0 Å². The highest BCUT2D eigenvalue weighted by Gasteiger charge is 2.14. The Hall–Kier alpha value is -0.930. The van der Waals surface area contributed by atoms with Gasteiger partial charge in [-0.25, -0.2) is 0 Å². The van der Waals surface area contributed by atoms with Crippen molar-refractivity contribution in [3.8, 4) is 11.1 Å². The van der Waals surface area contributed by atoms with Gasteiger partial charge < -0.3 is 5.11 Å². The van der Waals surface area contributed by atoms with Crippen LogP contribution in [0, 0.1) is 0 Å². The van der Waals surface area contributed by atoms with Gasteiger partial charge in [-0.1, -0.05) is 52.5 Å². The quantitative estimate of drug-likeness (QED) is 0.733. The van der Waals surface area contributed by atoms with Crippen LogP contribution in [-0.2, 0) is 11.2 Å². The number of halogens is 4. The zero-order chi connectivity index (χ0) is 14.9. The Balaban J connectivity index is 2.61. The minimum atomic E-state index is -0.943. The molecule has 0 radical (unpaired) electrons. The van der Waals surface area contributed by atoms with Crippen LogP contribution in [0.1, 0.15) is 5.56 Å². The first kappa shape index (κ1) is 15.5. The number of benzene rings is 2. The summed E-state index contributed by atoms with van der Waals surface area (Å²) in [6.07, 6.45) is -0.136. The summed E-state index contributed by atoms with van der Waals surface area (Å²) in [5.74, 6) is -0.943. The normalized spacial score (nSPS) is 10.6. The molecule has 20 heavy (non-hydrogen) atoms. The lowest BCUT2D eigenvalue weighted by atomic mass is 10.0. The van der Waals surface area contributed by atoms with Crippen molar-refractivity contribution in [1.29, 1.82) is 0 Å². The Morgan fingerprint density at radius 3 is 2.30 bits per heavy atom. The topological polar surface area (TPSA) is 37.3 Å². The van der Waals surface area contributed by atoms with Gasteiger partial charge in [0.15, 0.2) is 0 Å². The maximum Gasteiger partial charge on any atom is 0.307 e. The van der Waals surface area contributed by atoms with Crippen molar-refractivity contribution >= 4 is 52.4 Å². The standard InChI is InChI=1S/C14H8Cl4O2/c15-9-4-7(5-12(19)20)3-8(6-9)13-10(16)1-2-11(17)14(13)18/h1-4,6H,5H2,(H,19,20). The highest BCUT2D eigenvalue weighted by atomic mass is 35.5. The Labute approximate surface area is 135 Å². The number of carboxylic acid groups (broad SMARTS) is 1. The van der Waals surface area contributed by atoms with E-state index in [1.54, 1.807) is 30.3 Å². The fraction of sp³-hybridized carbons (Fsp3) is 0.0714. The summed E-state index contributed by atoms with van der Waals surface area (Å²) >= 11 is 24.3. The van der Waals surface area contributed by atoms with E-state index in [2.05, 4.69) is 0 Å². The van der Waals surface area contributed by atoms with E-state index in [4.69, 9.17) is 51.5 Å². The number of carbonyl (C=O) groups is 1. The molecule has 104 valence electrons. The van der Waals surface area contributed by atoms with E-state index in [1.807, 2.05) is 0 Å². The summed E-state index contributed by atoms with van der Waals surface area (Å²) in [6.45, 7) is 0. The summed E-state index contributed by atoms with van der Waals surface area (Å²) in [5.41, 5.74) is 1.73. The van der Waals surface area contributed by atoms with Crippen molar-refractivity contribution in [2.45, 2.75) is 6.42 Å². The molecule has 2 aromatic rings. The van der Waals surface area contributed by atoms with Crippen molar-refractivity contribution in [1.82, 2.24) is 0 Å². The molecule has 6 heteroatoms. The molecule has 0 aromatic heterocycles. The minimum absolute atomic E-state index is 0.136. The van der Waals surface area contributed by atoms with E-state index in [-0.39, 0.29) is 6.42 Å². The van der Waals surface area contributed by atoms with Crippen molar-refractivity contribution in [2.75, 3.05) is 0 Å². The fourth-order valence-electron chi connectivity index (χ4n) is 1.86. The summed E-state index contributed by atoms with van der Waals surface area (Å²) < 4.78 is 0. The maximum absolute atomic E-state index is 10.8. The predicted molar refractivity (Wildman–Crippen MR) is 83.3 cm³/mol. The van der Waals surface area contributed by atoms with Gasteiger partial charge in [0.2, 0.25) is 0 Å². The van der Waals surface area contributed by atoms with Gasteiger partial charge in [0, 0.05) is 15.6 Å². The lowest BCUT2D eigenvalue weighted by Gasteiger charge is -2.11. The highest BCUT2D eigenvalue weighted by molar-refractivity contribution is 6.46. The number of rotatable bonds is 3. The largest absolute Gasteiger partial charge is 0.481 e. The van der Waals surface area contributed by atoms with Gasteiger partial charge in [-0.3, -0.25) is 4.79 Å². The lowest BCUT2D eigenvalue weighted by molar-refractivity contribution is -0.136. The third-order valence-electron chi connectivity index (χ3n) is 2.65. The number of hydrogen-bond donors (Lipinski definition) is 1. The van der Waals surface area contributed by atoms with Gasteiger partial charge >= 0.3 is 5.97 Å². The monoisotopic (exact) mass is 348 g/mol.